The summed E-state index contributed by atoms with van der Waals surface area (Å²) in [6.45, 7) is 0.515. The highest BCUT2D eigenvalue weighted by Crippen LogP contribution is 2.29. The molecule has 9 heteroatoms. The third-order valence-electron chi connectivity index (χ3n) is 3.36. The van der Waals surface area contributed by atoms with Crippen molar-refractivity contribution in [2.45, 2.75) is 12.4 Å². The lowest BCUT2D eigenvalue weighted by Crippen LogP contribution is -2.54. The van der Waals surface area contributed by atoms with Crippen LogP contribution in [0.1, 0.15) is 15.9 Å². The Bertz CT molecular complexity index is 580. The number of nitrogens with one attached hydrogen (secondary N) is 1. The minimum absolute atomic E-state index is 0.0192. The summed E-state index contributed by atoms with van der Waals surface area (Å²) < 4.78 is 15.2. The molecule has 124 valence electrons. The van der Waals surface area contributed by atoms with Crippen LogP contribution in [0.25, 0.3) is 0 Å². The molecule has 3 N–H and O–H groups in total. The molecule has 0 radical (unpaired) electrons. The van der Waals surface area contributed by atoms with Crippen molar-refractivity contribution in [3.8, 4) is 5.75 Å². The lowest BCUT2D eigenvalue weighted by molar-refractivity contribution is -0.126. The summed E-state index contributed by atoms with van der Waals surface area (Å²) in [5.41, 5.74) is 0.593. The first-order valence-corrected chi connectivity index (χ1v) is 7.09. The van der Waals surface area contributed by atoms with Gasteiger partial charge in [-0.1, -0.05) is 12.1 Å². The molecule has 1 aliphatic rings. The van der Waals surface area contributed by atoms with E-state index in [-0.39, 0.29) is 24.3 Å². The van der Waals surface area contributed by atoms with Crippen molar-refractivity contribution in [3.05, 3.63) is 29.3 Å². The van der Waals surface area contributed by atoms with Gasteiger partial charge in [-0.25, -0.2) is 4.79 Å². The molecule has 0 aliphatic carbocycles. The van der Waals surface area contributed by atoms with Gasteiger partial charge in [-0.15, -0.1) is 0 Å². The molecule has 0 saturated carbocycles. The summed E-state index contributed by atoms with van der Waals surface area (Å²) >= 11 is 0. The van der Waals surface area contributed by atoms with Crippen LogP contribution in [0.5, 0.6) is 5.75 Å². The maximum atomic E-state index is 11.8. The Morgan fingerprint density at radius 2 is 2.22 bits per heavy atom. The number of hydrogen-bond acceptors (Lipinski definition) is 6. The highest BCUT2D eigenvalue weighted by Gasteiger charge is 2.37. The third kappa shape index (κ3) is 4.44. The largest absolute Gasteiger partial charge is 0.547 e. The molecule has 0 bridgehead atoms. The Morgan fingerprint density at radius 1 is 1.43 bits per heavy atom. The van der Waals surface area contributed by atoms with Crippen LogP contribution in [-0.4, -0.2) is 62.0 Å². The number of fused-ring (bicyclic) bond motifs is 1. The van der Waals surface area contributed by atoms with E-state index in [1.807, 2.05) is 0 Å². The van der Waals surface area contributed by atoms with Crippen LogP contribution in [0, 0.1) is 0 Å². The number of rotatable bonds is 7. The molecule has 2 rings (SSSR count). The average molecular weight is 323 g/mol. The van der Waals surface area contributed by atoms with E-state index >= 15 is 0 Å². The van der Waals surface area contributed by atoms with Gasteiger partial charge in [0.15, 0.2) is 0 Å². The number of carboxylic acid groups (broad SMARTS) is 1. The monoisotopic (exact) mass is 323 g/mol. The van der Waals surface area contributed by atoms with Gasteiger partial charge in [0, 0.05) is 7.11 Å². The number of methoxy groups -OCH3 is 1. The van der Waals surface area contributed by atoms with Gasteiger partial charge < -0.3 is 29.6 Å². The van der Waals surface area contributed by atoms with E-state index in [2.05, 4.69) is 5.32 Å². The summed E-state index contributed by atoms with van der Waals surface area (Å²) in [7, 11) is 0.202. The Hall–Kier alpha value is -2.10. The van der Waals surface area contributed by atoms with Gasteiger partial charge in [0.2, 0.25) is 5.91 Å². The number of aromatic carboxylic acids is 1. The van der Waals surface area contributed by atoms with Crippen LogP contribution in [0.15, 0.2) is 18.2 Å². The second-order valence-corrected chi connectivity index (χ2v) is 5.03. The normalized spacial score (nSPS) is 16.4. The Balaban J connectivity index is 1.97. The zero-order valence-electron chi connectivity index (χ0n) is 12.7. The van der Waals surface area contributed by atoms with E-state index < -0.39 is 24.9 Å². The SMILES string of the molecule is COCCOCC(=O)N[C@H]1Cc2cccc(C(=O)O)c2OB1O. The smallest absolute Gasteiger partial charge is 0.534 e. The molecule has 0 fully saturated rings. The number of carboxylic acids is 1. The van der Waals surface area contributed by atoms with Crippen molar-refractivity contribution < 1.29 is 33.8 Å². The fourth-order valence-electron chi connectivity index (χ4n) is 2.27. The van der Waals surface area contributed by atoms with Crippen molar-refractivity contribution in [2.75, 3.05) is 26.9 Å². The predicted molar refractivity (Wildman–Crippen MR) is 80.3 cm³/mol. The molecule has 0 aromatic heterocycles. The zero-order chi connectivity index (χ0) is 16.8. The first kappa shape index (κ1) is 17.3. The molecule has 1 aromatic carbocycles. The molecular weight excluding hydrogens is 305 g/mol. The minimum atomic E-state index is -1.33. The van der Waals surface area contributed by atoms with Gasteiger partial charge >= 0.3 is 13.1 Å². The second kappa shape index (κ2) is 7.95. The van der Waals surface area contributed by atoms with Gasteiger partial charge in [0.25, 0.3) is 0 Å². The van der Waals surface area contributed by atoms with Crippen molar-refractivity contribution in [1.29, 1.82) is 0 Å². The standard InChI is InChI=1S/C14H18BNO7/c1-21-5-6-22-8-12(17)16-11-7-9-3-2-4-10(14(18)19)13(9)23-15(11)20/h2-4,11,20H,5-8H2,1H3,(H,16,17)(H,18,19)/t11-/m0/s1. The number of benzene rings is 1. The van der Waals surface area contributed by atoms with Crippen LogP contribution in [0.2, 0.25) is 0 Å². The molecule has 1 aliphatic heterocycles. The number of ether oxygens (including phenoxy) is 2. The molecule has 8 nitrogen and oxygen atoms in total. The zero-order valence-corrected chi connectivity index (χ0v) is 12.7. The minimum Gasteiger partial charge on any atom is -0.534 e. The average Bonchev–Trinajstić information content (AvgIpc) is 2.51. The van der Waals surface area contributed by atoms with Crippen LogP contribution in [0.4, 0.5) is 0 Å². The van der Waals surface area contributed by atoms with Crippen molar-refractivity contribution in [3.63, 3.8) is 0 Å². The highest BCUT2D eigenvalue weighted by atomic mass is 16.5. The first-order valence-electron chi connectivity index (χ1n) is 7.09. The molecule has 1 heterocycles. The molecule has 23 heavy (non-hydrogen) atoms. The molecule has 0 spiro atoms. The quantitative estimate of drug-likeness (QED) is 0.457. The van der Waals surface area contributed by atoms with Crippen molar-refractivity contribution in [1.82, 2.24) is 5.32 Å². The number of amides is 1. The van der Waals surface area contributed by atoms with E-state index in [9.17, 15) is 14.6 Å². The number of hydrogen-bond donors (Lipinski definition) is 3. The summed E-state index contributed by atoms with van der Waals surface area (Å²) in [6, 6.07) is 4.69. The molecule has 0 saturated heterocycles. The molecule has 0 unspecified atom stereocenters. The molecule has 1 atom stereocenters. The Labute approximate surface area is 133 Å². The fourth-order valence-corrected chi connectivity index (χ4v) is 2.27. The van der Waals surface area contributed by atoms with E-state index in [1.165, 1.54) is 13.2 Å². The van der Waals surface area contributed by atoms with Gasteiger partial charge in [0.1, 0.15) is 12.4 Å². The van der Waals surface area contributed by atoms with E-state index in [4.69, 9.17) is 19.2 Å². The maximum Gasteiger partial charge on any atom is 0.547 e. The van der Waals surface area contributed by atoms with Crippen LogP contribution < -0.4 is 9.97 Å². The van der Waals surface area contributed by atoms with E-state index in [0.29, 0.717) is 18.8 Å². The van der Waals surface area contributed by atoms with Gasteiger partial charge in [0.05, 0.1) is 24.7 Å². The van der Waals surface area contributed by atoms with E-state index in [1.54, 1.807) is 12.1 Å². The third-order valence-corrected chi connectivity index (χ3v) is 3.36. The van der Waals surface area contributed by atoms with Crippen LogP contribution >= 0.6 is 0 Å². The highest BCUT2D eigenvalue weighted by molar-refractivity contribution is 6.47. The Morgan fingerprint density at radius 3 is 2.91 bits per heavy atom. The van der Waals surface area contributed by atoms with Gasteiger partial charge in [-0.05, 0) is 18.1 Å². The Kier molecular flexibility index (Phi) is 5.97. The summed E-state index contributed by atoms with van der Waals surface area (Å²) in [6.07, 6.45) is 0.265. The van der Waals surface area contributed by atoms with Crippen molar-refractivity contribution in [2.24, 2.45) is 0 Å². The summed E-state index contributed by atoms with van der Waals surface area (Å²) in [4.78, 5) is 22.9. The van der Waals surface area contributed by atoms with Gasteiger partial charge in [-0.3, -0.25) is 4.79 Å². The van der Waals surface area contributed by atoms with E-state index in [0.717, 1.165) is 0 Å². The molecular formula is C14H18BNO7. The first-order chi connectivity index (χ1) is 11.0. The fraction of sp³-hybridized carbons (Fsp3) is 0.429. The van der Waals surface area contributed by atoms with Crippen LogP contribution in [0.3, 0.4) is 0 Å². The maximum absolute atomic E-state index is 11.8. The van der Waals surface area contributed by atoms with Gasteiger partial charge in [-0.2, -0.15) is 0 Å². The number of carbonyl (C=O) groups is 2. The lowest BCUT2D eigenvalue weighted by atomic mass is 9.72. The second-order valence-electron chi connectivity index (χ2n) is 5.03. The summed E-state index contributed by atoms with van der Waals surface area (Å²) in [5.74, 6) is -2.07. The molecule has 1 aromatic rings. The predicted octanol–water partition coefficient (Wildman–Crippen LogP) is -0.513. The molecule has 1 amide bonds. The number of para-hydroxylation sites is 1. The topological polar surface area (TPSA) is 114 Å². The summed E-state index contributed by atoms with van der Waals surface area (Å²) in [5, 5.41) is 21.7. The lowest BCUT2D eigenvalue weighted by Gasteiger charge is -2.28. The number of carbonyl (C=O) groups excluding carboxylic acids is 1. The van der Waals surface area contributed by atoms with Crippen LogP contribution in [-0.2, 0) is 20.7 Å². The van der Waals surface area contributed by atoms with Crippen molar-refractivity contribution >= 4 is 19.0 Å².